The van der Waals surface area contributed by atoms with Crippen molar-refractivity contribution in [2.45, 2.75) is 44.4 Å². The molecule has 0 fully saturated rings. The van der Waals surface area contributed by atoms with Gasteiger partial charge in [-0.2, -0.15) is 22.6 Å². The lowest BCUT2D eigenvalue weighted by atomic mass is 10.1. The zero-order valence-corrected chi connectivity index (χ0v) is 21.9. The SMILES string of the molecule is COCCN(C(=O)OC(C)(C)C)S(=O)(=O)c1ccc(-n2nc(C(F)(F)F)cc2-c2ccc(C)cc2)cc1. The summed E-state index contributed by atoms with van der Waals surface area (Å²) in [6, 6.07) is 12.9. The number of hydrogen-bond acceptors (Lipinski definition) is 6. The second-order valence-corrected chi connectivity index (χ2v) is 11.1. The molecule has 0 bridgehead atoms. The Bertz CT molecular complexity index is 1340. The van der Waals surface area contributed by atoms with Crippen LogP contribution < -0.4 is 0 Å². The molecule has 0 atom stereocenters. The van der Waals surface area contributed by atoms with Crippen LogP contribution in [0.5, 0.6) is 0 Å². The molecular weight excluding hydrogens is 511 g/mol. The molecule has 0 aliphatic rings. The van der Waals surface area contributed by atoms with Crippen LogP contribution in [0.15, 0.2) is 59.5 Å². The van der Waals surface area contributed by atoms with Gasteiger partial charge in [0, 0.05) is 12.7 Å². The highest BCUT2D eigenvalue weighted by molar-refractivity contribution is 7.89. The normalized spacial score (nSPS) is 12.4. The molecule has 0 saturated carbocycles. The lowest BCUT2D eigenvalue weighted by Gasteiger charge is -2.26. The van der Waals surface area contributed by atoms with E-state index in [2.05, 4.69) is 5.10 Å². The predicted molar refractivity (Wildman–Crippen MR) is 131 cm³/mol. The number of methoxy groups -OCH3 is 1. The number of aryl methyl sites for hydroxylation is 1. The van der Waals surface area contributed by atoms with Gasteiger partial charge in [-0.25, -0.2) is 17.9 Å². The summed E-state index contributed by atoms with van der Waals surface area (Å²) in [6.45, 7) is 6.31. The van der Waals surface area contributed by atoms with Crippen LogP contribution in [0.4, 0.5) is 18.0 Å². The summed E-state index contributed by atoms with van der Waals surface area (Å²) in [5.74, 6) is 0. The number of aromatic nitrogens is 2. The Balaban J connectivity index is 2.03. The summed E-state index contributed by atoms with van der Waals surface area (Å²) in [6.07, 6.45) is -5.75. The minimum Gasteiger partial charge on any atom is -0.443 e. The van der Waals surface area contributed by atoms with Gasteiger partial charge in [-0.05, 0) is 58.0 Å². The number of hydrogen-bond donors (Lipinski definition) is 0. The van der Waals surface area contributed by atoms with Crippen LogP contribution in [0.2, 0.25) is 0 Å². The number of carbonyl (C=O) groups excluding carboxylic acids is 1. The minimum atomic E-state index is -4.68. The Labute approximate surface area is 213 Å². The monoisotopic (exact) mass is 539 g/mol. The van der Waals surface area contributed by atoms with E-state index in [1.54, 1.807) is 45.0 Å². The smallest absolute Gasteiger partial charge is 0.435 e. The fourth-order valence-electron chi connectivity index (χ4n) is 3.33. The van der Waals surface area contributed by atoms with Crippen molar-refractivity contribution in [1.82, 2.24) is 14.1 Å². The molecule has 0 N–H and O–H groups in total. The number of nitrogens with zero attached hydrogens (tertiary/aromatic N) is 3. The van der Waals surface area contributed by atoms with Crippen LogP contribution in [-0.2, 0) is 25.7 Å². The summed E-state index contributed by atoms with van der Waals surface area (Å²) in [7, 11) is -3.00. The molecule has 0 spiro atoms. The molecule has 37 heavy (non-hydrogen) atoms. The van der Waals surface area contributed by atoms with Gasteiger partial charge in [0.15, 0.2) is 5.69 Å². The molecule has 0 aliphatic heterocycles. The van der Waals surface area contributed by atoms with Gasteiger partial charge in [0.05, 0.1) is 29.4 Å². The van der Waals surface area contributed by atoms with Crippen molar-refractivity contribution in [3.63, 3.8) is 0 Å². The average Bonchev–Trinajstić information content (AvgIpc) is 3.25. The Morgan fingerprint density at radius 3 is 2.14 bits per heavy atom. The minimum absolute atomic E-state index is 0.0655. The third-order valence-electron chi connectivity index (χ3n) is 5.11. The van der Waals surface area contributed by atoms with E-state index < -0.39 is 33.6 Å². The summed E-state index contributed by atoms with van der Waals surface area (Å²) in [4.78, 5) is 12.4. The van der Waals surface area contributed by atoms with Gasteiger partial charge in [0.1, 0.15) is 5.60 Å². The number of amides is 1. The van der Waals surface area contributed by atoms with Gasteiger partial charge in [0.25, 0.3) is 10.0 Å². The Kier molecular flexibility index (Phi) is 8.03. The molecule has 1 aromatic heterocycles. The molecule has 12 heteroatoms. The first-order chi connectivity index (χ1) is 17.1. The molecule has 3 aromatic rings. The molecule has 3 rings (SSSR count). The van der Waals surface area contributed by atoms with Crippen LogP contribution >= 0.6 is 0 Å². The first-order valence-corrected chi connectivity index (χ1v) is 12.7. The second kappa shape index (κ2) is 10.5. The second-order valence-electron chi connectivity index (χ2n) is 9.23. The van der Waals surface area contributed by atoms with Crippen LogP contribution in [0.3, 0.4) is 0 Å². The first-order valence-electron chi connectivity index (χ1n) is 11.2. The number of rotatable bonds is 7. The maximum atomic E-state index is 13.5. The summed E-state index contributed by atoms with van der Waals surface area (Å²) in [5, 5.41) is 3.73. The van der Waals surface area contributed by atoms with E-state index in [0.717, 1.165) is 16.3 Å². The third-order valence-corrected chi connectivity index (χ3v) is 6.89. The molecular formula is C25H28F3N3O5S. The molecule has 0 saturated heterocycles. The molecule has 200 valence electrons. The van der Waals surface area contributed by atoms with Gasteiger partial charge in [0.2, 0.25) is 0 Å². The fraction of sp³-hybridized carbons (Fsp3) is 0.360. The van der Waals surface area contributed by atoms with E-state index in [4.69, 9.17) is 9.47 Å². The van der Waals surface area contributed by atoms with Crippen molar-refractivity contribution < 1.29 is 35.9 Å². The van der Waals surface area contributed by atoms with E-state index in [1.165, 1.54) is 31.4 Å². The zero-order valence-electron chi connectivity index (χ0n) is 21.0. The lowest BCUT2D eigenvalue weighted by Crippen LogP contribution is -2.42. The van der Waals surface area contributed by atoms with Crippen molar-refractivity contribution in [3.8, 4) is 16.9 Å². The fourth-order valence-corrected chi connectivity index (χ4v) is 4.61. The number of alkyl halides is 3. The summed E-state index contributed by atoms with van der Waals surface area (Å²) >= 11 is 0. The first kappa shape index (κ1) is 28.2. The van der Waals surface area contributed by atoms with Crippen molar-refractivity contribution in [3.05, 3.63) is 65.9 Å². The number of ether oxygens (including phenoxy) is 2. The van der Waals surface area contributed by atoms with Crippen molar-refractivity contribution in [2.75, 3.05) is 20.3 Å². The lowest BCUT2D eigenvalue weighted by molar-refractivity contribution is -0.141. The Morgan fingerprint density at radius 2 is 1.62 bits per heavy atom. The largest absolute Gasteiger partial charge is 0.443 e. The number of carbonyl (C=O) groups is 1. The molecule has 1 amide bonds. The molecule has 0 unspecified atom stereocenters. The van der Waals surface area contributed by atoms with E-state index in [-0.39, 0.29) is 29.4 Å². The molecule has 2 aromatic carbocycles. The van der Waals surface area contributed by atoms with E-state index in [1.807, 2.05) is 6.92 Å². The highest BCUT2D eigenvalue weighted by Crippen LogP contribution is 2.33. The summed E-state index contributed by atoms with van der Waals surface area (Å²) in [5.41, 5.74) is -0.214. The molecule has 0 aliphatic carbocycles. The van der Waals surface area contributed by atoms with Crippen LogP contribution in [0.1, 0.15) is 32.0 Å². The standard InChI is InChI=1S/C25H28F3N3O5S/c1-17-6-8-18(9-7-17)21-16-22(25(26,27)28)29-31(21)19-10-12-20(13-11-19)37(33,34)30(14-15-35-5)23(32)36-24(2,3)4/h6-13,16H,14-15H2,1-5H3. The molecule has 8 nitrogen and oxygen atoms in total. The van der Waals surface area contributed by atoms with Gasteiger partial charge in [-0.15, -0.1) is 0 Å². The van der Waals surface area contributed by atoms with Crippen molar-refractivity contribution in [1.29, 1.82) is 0 Å². The summed E-state index contributed by atoms with van der Waals surface area (Å²) < 4.78 is 78.8. The molecule has 1 heterocycles. The van der Waals surface area contributed by atoms with Gasteiger partial charge in [-0.3, -0.25) is 0 Å². The third kappa shape index (κ3) is 6.69. The van der Waals surface area contributed by atoms with Gasteiger partial charge < -0.3 is 9.47 Å². The van der Waals surface area contributed by atoms with Gasteiger partial charge in [-0.1, -0.05) is 29.8 Å². The topological polar surface area (TPSA) is 90.7 Å². The quantitative estimate of drug-likeness (QED) is 0.397. The van der Waals surface area contributed by atoms with Crippen LogP contribution in [-0.4, -0.2) is 54.5 Å². The van der Waals surface area contributed by atoms with E-state index in [9.17, 15) is 26.4 Å². The highest BCUT2D eigenvalue weighted by atomic mass is 32.2. The van der Waals surface area contributed by atoms with Crippen LogP contribution in [0.25, 0.3) is 16.9 Å². The Hall–Kier alpha value is -3.38. The predicted octanol–water partition coefficient (Wildman–Crippen LogP) is 5.44. The number of benzene rings is 2. The van der Waals surface area contributed by atoms with E-state index in [0.29, 0.717) is 9.87 Å². The molecule has 0 radical (unpaired) electrons. The number of sulfonamides is 1. The van der Waals surface area contributed by atoms with Crippen molar-refractivity contribution in [2.24, 2.45) is 0 Å². The maximum absolute atomic E-state index is 13.5. The average molecular weight is 540 g/mol. The van der Waals surface area contributed by atoms with Gasteiger partial charge >= 0.3 is 12.3 Å². The number of halogens is 3. The Morgan fingerprint density at radius 1 is 1.03 bits per heavy atom. The highest BCUT2D eigenvalue weighted by Gasteiger charge is 2.36. The maximum Gasteiger partial charge on any atom is 0.435 e. The zero-order chi connectivity index (χ0) is 27.6. The van der Waals surface area contributed by atoms with Crippen LogP contribution in [0, 0.1) is 6.92 Å². The van der Waals surface area contributed by atoms with Crippen molar-refractivity contribution >= 4 is 16.1 Å². The van der Waals surface area contributed by atoms with E-state index >= 15 is 0 Å².